The number of hydrogen-bond acceptors (Lipinski definition) is 4. The van der Waals surface area contributed by atoms with Gasteiger partial charge in [0, 0.05) is 6.61 Å². The van der Waals surface area contributed by atoms with Crippen molar-refractivity contribution in [3.05, 3.63) is 35.9 Å². The van der Waals surface area contributed by atoms with E-state index in [0.717, 1.165) is 5.56 Å². The van der Waals surface area contributed by atoms with Crippen molar-refractivity contribution in [3.63, 3.8) is 0 Å². The van der Waals surface area contributed by atoms with E-state index >= 15 is 0 Å². The van der Waals surface area contributed by atoms with Gasteiger partial charge in [0.1, 0.15) is 0 Å². The van der Waals surface area contributed by atoms with Crippen molar-refractivity contribution in [1.82, 2.24) is 0 Å². The van der Waals surface area contributed by atoms with E-state index < -0.39 is 5.92 Å². The summed E-state index contributed by atoms with van der Waals surface area (Å²) in [5, 5.41) is 9.17. The van der Waals surface area contributed by atoms with E-state index in [1.165, 1.54) is 0 Å². The molecule has 4 nitrogen and oxygen atoms in total. The second kappa shape index (κ2) is 8.67. The molecule has 0 heterocycles. The van der Waals surface area contributed by atoms with Gasteiger partial charge in [-0.15, -0.1) is 0 Å². The van der Waals surface area contributed by atoms with Crippen LogP contribution in [0.1, 0.15) is 25.8 Å². The molecule has 4 heteroatoms. The fourth-order valence-corrected chi connectivity index (χ4v) is 1.60. The quantitative estimate of drug-likeness (QED) is 0.578. The molecule has 0 fully saturated rings. The molecule has 0 spiro atoms. The molecule has 0 amide bonds. The maximum Gasteiger partial charge on any atom is 0.311 e. The van der Waals surface area contributed by atoms with E-state index in [0.29, 0.717) is 19.6 Å². The summed E-state index contributed by atoms with van der Waals surface area (Å²) in [6, 6.07) is 9.82. The molecule has 0 aromatic heterocycles. The molecule has 1 unspecified atom stereocenters. The van der Waals surface area contributed by atoms with Crippen molar-refractivity contribution in [3.8, 4) is 0 Å². The van der Waals surface area contributed by atoms with Crippen LogP contribution in [0.2, 0.25) is 0 Å². The van der Waals surface area contributed by atoms with Gasteiger partial charge in [0.25, 0.3) is 0 Å². The Morgan fingerprint density at radius 2 is 1.95 bits per heavy atom. The van der Waals surface area contributed by atoms with Gasteiger partial charge < -0.3 is 14.6 Å². The lowest BCUT2D eigenvalue weighted by Crippen LogP contribution is -2.25. The lowest BCUT2D eigenvalue weighted by molar-refractivity contribution is -0.154. The van der Waals surface area contributed by atoms with Crippen LogP contribution in [-0.2, 0) is 20.9 Å². The molecule has 0 aliphatic heterocycles. The second-order valence-electron chi connectivity index (χ2n) is 4.69. The van der Waals surface area contributed by atoms with Crippen LogP contribution in [0.15, 0.2) is 30.3 Å². The predicted octanol–water partition coefficient (Wildman–Crippen LogP) is 2.15. The highest BCUT2D eigenvalue weighted by molar-refractivity contribution is 5.72. The fourth-order valence-electron chi connectivity index (χ4n) is 1.60. The first-order valence-corrected chi connectivity index (χ1v) is 6.56. The van der Waals surface area contributed by atoms with E-state index in [-0.39, 0.29) is 18.7 Å². The average Bonchev–Trinajstić information content (AvgIpc) is 2.39. The normalized spacial score (nSPS) is 12.4. The number of ether oxygens (including phenoxy) is 2. The second-order valence-corrected chi connectivity index (χ2v) is 4.69. The topological polar surface area (TPSA) is 55.8 Å². The summed E-state index contributed by atoms with van der Waals surface area (Å²) >= 11 is 0. The third-order valence-corrected chi connectivity index (χ3v) is 2.63. The minimum Gasteiger partial charge on any atom is -0.463 e. The molecule has 1 aromatic carbocycles. The van der Waals surface area contributed by atoms with E-state index in [4.69, 9.17) is 14.6 Å². The Labute approximate surface area is 114 Å². The molecule has 0 bridgehead atoms. The summed E-state index contributed by atoms with van der Waals surface area (Å²) in [7, 11) is 0. The van der Waals surface area contributed by atoms with Crippen molar-refractivity contribution >= 4 is 5.97 Å². The molecule has 106 valence electrons. The molecule has 1 atom stereocenters. The molecule has 0 saturated heterocycles. The molecule has 0 radical (unpaired) electrons. The number of aliphatic hydroxyl groups excluding tert-OH is 1. The number of hydrogen-bond donors (Lipinski definition) is 1. The Morgan fingerprint density at radius 1 is 1.26 bits per heavy atom. The third kappa shape index (κ3) is 6.36. The van der Waals surface area contributed by atoms with Gasteiger partial charge in [-0.25, -0.2) is 0 Å². The first-order chi connectivity index (χ1) is 9.13. The fraction of sp³-hybridized carbons (Fsp3) is 0.533. The smallest absolute Gasteiger partial charge is 0.311 e. The van der Waals surface area contributed by atoms with E-state index in [1.807, 2.05) is 30.3 Å². The van der Waals surface area contributed by atoms with Crippen molar-refractivity contribution in [2.45, 2.75) is 33.0 Å². The maximum atomic E-state index is 11.6. The van der Waals surface area contributed by atoms with Crippen molar-refractivity contribution < 1.29 is 19.4 Å². The highest BCUT2D eigenvalue weighted by Gasteiger charge is 2.19. The summed E-state index contributed by atoms with van der Waals surface area (Å²) in [6.07, 6.45) is 0.307. The number of rotatable bonds is 8. The van der Waals surface area contributed by atoms with Gasteiger partial charge >= 0.3 is 5.97 Å². The zero-order chi connectivity index (χ0) is 14.1. The summed E-state index contributed by atoms with van der Waals surface area (Å²) in [5.41, 5.74) is 1.09. The van der Waals surface area contributed by atoms with Crippen molar-refractivity contribution in [2.24, 2.45) is 5.92 Å². The maximum absolute atomic E-state index is 11.6. The molecule has 1 rings (SSSR count). The lowest BCUT2D eigenvalue weighted by Gasteiger charge is -2.15. The SMILES string of the molecule is CC(C)OC(=O)C(CO)CCOCc1ccccc1. The van der Waals surface area contributed by atoms with Crippen LogP contribution in [0, 0.1) is 5.92 Å². The van der Waals surface area contributed by atoms with E-state index in [2.05, 4.69) is 0 Å². The Balaban J connectivity index is 2.24. The van der Waals surface area contributed by atoms with Crippen LogP contribution in [0.5, 0.6) is 0 Å². The van der Waals surface area contributed by atoms with Gasteiger partial charge in [0.05, 0.1) is 25.2 Å². The number of carbonyl (C=O) groups is 1. The summed E-state index contributed by atoms with van der Waals surface area (Å²) < 4.78 is 10.6. The monoisotopic (exact) mass is 266 g/mol. The summed E-state index contributed by atoms with van der Waals surface area (Å²) in [6.45, 7) is 4.31. The minimum atomic E-state index is -0.502. The van der Waals surface area contributed by atoms with Crippen LogP contribution in [-0.4, -0.2) is 30.4 Å². The largest absolute Gasteiger partial charge is 0.463 e. The highest BCUT2D eigenvalue weighted by atomic mass is 16.5. The number of aliphatic hydroxyl groups is 1. The zero-order valence-corrected chi connectivity index (χ0v) is 11.5. The first kappa shape index (κ1) is 15.7. The number of esters is 1. The standard InChI is InChI=1S/C15H22O4/c1-12(2)19-15(17)14(10-16)8-9-18-11-13-6-4-3-5-7-13/h3-7,12,14,16H,8-11H2,1-2H3. The van der Waals surface area contributed by atoms with Crippen LogP contribution < -0.4 is 0 Å². The van der Waals surface area contributed by atoms with E-state index in [1.54, 1.807) is 13.8 Å². The van der Waals surface area contributed by atoms with Crippen molar-refractivity contribution in [1.29, 1.82) is 0 Å². The molecule has 0 aliphatic carbocycles. The Kier molecular flexibility index (Phi) is 7.15. The van der Waals surface area contributed by atoms with E-state index in [9.17, 15) is 4.79 Å². The predicted molar refractivity (Wildman–Crippen MR) is 72.5 cm³/mol. The Morgan fingerprint density at radius 3 is 2.53 bits per heavy atom. The van der Waals surface area contributed by atoms with Gasteiger partial charge in [-0.05, 0) is 25.8 Å². The van der Waals surface area contributed by atoms with Gasteiger partial charge in [0.2, 0.25) is 0 Å². The molecule has 0 aliphatic rings. The molecular weight excluding hydrogens is 244 g/mol. The summed E-state index contributed by atoms with van der Waals surface area (Å²) in [5.74, 6) is -0.862. The summed E-state index contributed by atoms with van der Waals surface area (Å²) in [4.78, 5) is 11.6. The number of carbonyl (C=O) groups excluding carboxylic acids is 1. The average molecular weight is 266 g/mol. The van der Waals surface area contributed by atoms with Crippen LogP contribution in [0.4, 0.5) is 0 Å². The molecule has 19 heavy (non-hydrogen) atoms. The number of benzene rings is 1. The minimum absolute atomic E-state index is 0.160. The first-order valence-electron chi connectivity index (χ1n) is 6.56. The Hall–Kier alpha value is -1.39. The molecule has 0 saturated carbocycles. The van der Waals surface area contributed by atoms with Crippen molar-refractivity contribution in [2.75, 3.05) is 13.2 Å². The van der Waals surface area contributed by atoms with Gasteiger partial charge in [0.15, 0.2) is 0 Å². The highest BCUT2D eigenvalue weighted by Crippen LogP contribution is 2.08. The zero-order valence-electron chi connectivity index (χ0n) is 11.5. The molecule has 1 N–H and O–H groups in total. The molecule has 1 aromatic rings. The van der Waals surface area contributed by atoms with Crippen LogP contribution in [0.3, 0.4) is 0 Å². The lowest BCUT2D eigenvalue weighted by atomic mass is 10.1. The van der Waals surface area contributed by atoms with Gasteiger partial charge in [-0.1, -0.05) is 30.3 Å². The molecular formula is C15H22O4. The Bertz CT molecular complexity index is 362. The van der Waals surface area contributed by atoms with Gasteiger partial charge in [-0.3, -0.25) is 4.79 Å². The van der Waals surface area contributed by atoms with Gasteiger partial charge in [-0.2, -0.15) is 0 Å². The van der Waals surface area contributed by atoms with Crippen LogP contribution in [0.25, 0.3) is 0 Å². The third-order valence-electron chi connectivity index (χ3n) is 2.63. The van der Waals surface area contributed by atoms with Crippen LogP contribution >= 0.6 is 0 Å².